The molecule has 0 saturated carbocycles. The number of nitrogens with zero attached hydrogens (tertiary/aromatic N) is 2. The van der Waals surface area contributed by atoms with E-state index in [4.69, 9.17) is 4.42 Å². The summed E-state index contributed by atoms with van der Waals surface area (Å²) >= 11 is 0. The van der Waals surface area contributed by atoms with Crippen LogP contribution in [0.3, 0.4) is 0 Å². The molecule has 2 aromatic carbocycles. The summed E-state index contributed by atoms with van der Waals surface area (Å²) in [6.07, 6.45) is 0.707. The van der Waals surface area contributed by atoms with E-state index < -0.39 is 0 Å². The van der Waals surface area contributed by atoms with Crippen LogP contribution in [0.4, 0.5) is 14.9 Å². The minimum Gasteiger partial charge on any atom is -0.464 e. The van der Waals surface area contributed by atoms with E-state index in [-0.39, 0.29) is 49.2 Å². The van der Waals surface area contributed by atoms with Gasteiger partial charge in [0.2, 0.25) is 5.91 Å². The molecule has 1 aromatic heterocycles. The van der Waals surface area contributed by atoms with Crippen LogP contribution in [-0.2, 0) is 17.9 Å². The van der Waals surface area contributed by atoms with Crippen LogP contribution < -0.4 is 5.32 Å². The molecule has 0 aliphatic carbocycles. The van der Waals surface area contributed by atoms with Gasteiger partial charge in [0.25, 0.3) is 0 Å². The van der Waals surface area contributed by atoms with Gasteiger partial charge in [0.1, 0.15) is 23.9 Å². The van der Waals surface area contributed by atoms with Crippen molar-refractivity contribution in [3.8, 4) is 0 Å². The number of anilines is 1. The topological polar surface area (TPSA) is 65.8 Å². The zero-order valence-corrected chi connectivity index (χ0v) is 23.4. The Morgan fingerprint density at radius 3 is 2.05 bits per heavy atom. The number of furan rings is 1. The molecule has 0 radical (unpaired) electrons. The van der Waals surface area contributed by atoms with Crippen LogP contribution in [0.5, 0.6) is 0 Å². The zero-order chi connectivity index (χ0) is 27.8. The van der Waals surface area contributed by atoms with E-state index in [0.29, 0.717) is 18.7 Å². The highest BCUT2D eigenvalue weighted by Gasteiger charge is 2.24. The van der Waals surface area contributed by atoms with Gasteiger partial charge in [-0.05, 0) is 66.1 Å². The molecule has 7 heteroatoms. The van der Waals surface area contributed by atoms with E-state index in [2.05, 4.69) is 33.0 Å². The summed E-state index contributed by atoms with van der Waals surface area (Å²) in [4.78, 5) is 30.4. The minimum atomic E-state index is -0.332. The molecule has 38 heavy (non-hydrogen) atoms. The van der Waals surface area contributed by atoms with Crippen molar-refractivity contribution in [2.45, 2.75) is 72.9 Å². The van der Waals surface area contributed by atoms with Crippen LogP contribution in [0.15, 0.2) is 59.0 Å². The van der Waals surface area contributed by atoms with Crippen molar-refractivity contribution in [1.82, 2.24) is 9.80 Å². The molecule has 0 aliphatic rings. The van der Waals surface area contributed by atoms with Crippen molar-refractivity contribution in [2.24, 2.45) is 0 Å². The summed E-state index contributed by atoms with van der Waals surface area (Å²) in [5.41, 5.74) is 3.75. The summed E-state index contributed by atoms with van der Waals surface area (Å²) in [7, 11) is 0. The molecular weight excluding hydrogens is 481 g/mol. The van der Waals surface area contributed by atoms with Gasteiger partial charge in [-0.15, -0.1) is 0 Å². The number of amides is 3. The van der Waals surface area contributed by atoms with E-state index in [1.54, 1.807) is 21.9 Å². The lowest BCUT2D eigenvalue weighted by atomic mass is 9.93. The van der Waals surface area contributed by atoms with Gasteiger partial charge in [0.15, 0.2) is 0 Å². The molecule has 0 saturated heterocycles. The molecule has 3 rings (SSSR count). The standard InChI is InChI=1S/C31H40FN3O3/c1-7-17-34(31(37)33-30-27(21(2)3)9-8-10-28(30)22(4)5)20-29(36)35(19-26-16-11-23(6)38-26)18-24-12-14-25(32)15-13-24/h8-16,21-22H,7,17-20H2,1-6H3,(H,33,37). The fourth-order valence-corrected chi connectivity index (χ4v) is 4.47. The lowest BCUT2D eigenvalue weighted by molar-refractivity contribution is -0.133. The van der Waals surface area contributed by atoms with E-state index in [1.807, 2.05) is 44.2 Å². The molecule has 0 spiro atoms. The number of aryl methyl sites for hydroxylation is 1. The lowest BCUT2D eigenvalue weighted by Crippen LogP contribution is -2.44. The van der Waals surface area contributed by atoms with Gasteiger partial charge < -0.3 is 19.5 Å². The molecule has 0 bridgehead atoms. The third-order valence-corrected chi connectivity index (χ3v) is 6.49. The fourth-order valence-electron chi connectivity index (χ4n) is 4.47. The number of hydrogen-bond acceptors (Lipinski definition) is 3. The van der Waals surface area contributed by atoms with Crippen molar-refractivity contribution in [3.63, 3.8) is 0 Å². The number of urea groups is 1. The van der Waals surface area contributed by atoms with Crippen LogP contribution in [-0.4, -0.2) is 34.8 Å². The second-order valence-corrected chi connectivity index (χ2v) is 10.4. The lowest BCUT2D eigenvalue weighted by Gasteiger charge is -2.28. The molecule has 0 atom stereocenters. The quantitative estimate of drug-likeness (QED) is 0.285. The van der Waals surface area contributed by atoms with Gasteiger partial charge in [0, 0.05) is 18.8 Å². The predicted molar refractivity (Wildman–Crippen MR) is 150 cm³/mol. The van der Waals surface area contributed by atoms with E-state index in [0.717, 1.165) is 28.1 Å². The fraction of sp³-hybridized carbons (Fsp3) is 0.419. The Balaban J connectivity index is 1.84. The summed E-state index contributed by atoms with van der Waals surface area (Å²) in [5, 5.41) is 3.14. The first-order chi connectivity index (χ1) is 18.1. The van der Waals surface area contributed by atoms with Crippen LogP contribution >= 0.6 is 0 Å². The highest BCUT2D eigenvalue weighted by Crippen LogP contribution is 2.32. The number of nitrogens with one attached hydrogen (secondary N) is 1. The molecular formula is C31H40FN3O3. The summed E-state index contributed by atoms with van der Waals surface area (Å²) in [5.74, 6) is 1.32. The molecule has 3 aromatic rings. The Labute approximate surface area is 225 Å². The maximum Gasteiger partial charge on any atom is 0.322 e. The minimum absolute atomic E-state index is 0.0819. The second kappa shape index (κ2) is 13.3. The molecule has 1 N–H and O–H groups in total. The highest BCUT2D eigenvalue weighted by atomic mass is 19.1. The Hall–Kier alpha value is -3.61. The monoisotopic (exact) mass is 521 g/mol. The second-order valence-electron chi connectivity index (χ2n) is 10.4. The van der Waals surface area contributed by atoms with Crippen LogP contribution in [0.1, 0.15) is 81.1 Å². The maximum absolute atomic E-state index is 13.6. The van der Waals surface area contributed by atoms with Gasteiger partial charge in [0.05, 0.1) is 6.54 Å². The van der Waals surface area contributed by atoms with Gasteiger partial charge >= 0.3 is 6.03 Å². The molecule has 0 aliphatic heterocycles. The van der Waals surface area contributed by atoms with Crippen LogP contribution in [0, 0.1) is 12.7 Å². The Morgan fingerprint density at radius 2 is 1.53 bits per heavy atom. The number of benzene rings is 2. The predicted octanol–water partition coefficient (Wildman–Crippen LogP) is 7.45. The molecule has 1 heterocycles. The summed E-state index contributed by atoms with van der Waals surface area (Å²) in [6.45, 7) is 13.1. The molecule has 6 nitrogen and oxygen atoms in total. The SMILES string of the molecule is CCCN(CC(=O)N(Cc1ccc(F)cc1)Cc1ccc(C)o1)C(=O)Nc1c(C(C)C)cccc1C(C)C. The molecule has 0 unspecified atom stereocenters. The van der Waals surface area contributed by atoms with Crippen molar-refractivity contribution < 1.29 is 18.4 Å². The first kappa shape index (κ1) is 29.0. The number of para-hydroxylation sites is 1. The smallest absolute Gasteiger partial charge is 0.322 e. The summed E-state index contributed by atoms with van der Waals surface area (Å²) in [6, 6.07) is 15.6. The third-order valence-electron chi connectivity index (χ3n) is 6.49. The molecule has 0 fully saturated rings. The Morgan fingerprint density at radius 1 is 0.895 bits per heavy atom. The van der Waals surface area contributed by atoms with Gasteiger partial charge in [-0.2, -0.15) is 0 Å². The Bertz CT molecular complexity index is 1190. The van der Waals surface area contributed by atoms with Crippen LogP contribution in [0.25, 0.3) is 0 Å². The molecule has 3 amide bonds. The highest BCUT2D eigenvalue weighted by molar-refractivity contribution is 5.94. The van der Waals surface area contributed by atoms with Gasteiger partial charge in [-0.25, -0.2) is 9.18 Å². The van der Waals surface area contributed by atoms with Gasteiger partial charge in [-0.1, -0.05) is 65.0 Å². The van der Waals surface area contributed by atoms with Crippen molar-refractivity contribution in [2.75, 3.05) is 18.4 Å². The molecule has 204 valence electrons. The summed E-state index contributed by atoms with van der Waals surface area (Å²) < 4.78 is 19.2. The average molecular weight is 522 g/mol. The van der Waals surface area contributed by atoms with E-state index in [1.165, 1.54) is 12.1 Å². The van der Waals surface area contributed by atoms with Crippen molar-refractivity contribution in [3.05, 3.63) is 88.6 Å². The number of carbonyl (C=O) groups excluding carboxylic acids is 2. The van der Waals surface area contributed by atoms with E-state index >= 15 is 0 Å². The number of halogens is 1. The largest absolute Gasteiger partial charge is 0.464 e. The Kier molecular flexibility index (Phi) is 10.1. The third kappa shape index (κ3) is 7.70. The maximum atomic E-state index is 13.6. The zero-order valence-electron chi connectivity index (χ0n) is 23.4. The number of carbonyl (C=O) groups is 2. The normalized spacial score (nSPS) is 11.2. The van der Waals surface area contributed by atoms with Crippen molar-refractivity contribution in [1.29, 1.82) is 0 Å². The number of hydrogen-bond donors (Lipinski definition) is 1. The average Bonchev–Trinajstić information content (AvgIpc) is 3.28. The van der Waals surface area contributed by atoms with Crippen LogP contribution in [0.2, 0.25) is 0 Å². The number of rotatable bonds is 11. The van der Waals surface area contributed by atoms with Crippen molar-refractivity contribution >= 4 is 17.6 Å². The first-order valence-electron chi connectivity index (χ1n) is 13.3. The van der Waals surface area contributed by atoms with Gasteiger partial charge in [-0.3, -0.25) is 4.79 Å². The van der Waals surface area contributed by atoms with E-state index in [9.17, 15) is 14.0 Å². The first-order valence-corrected chi connectivity index (χ1v) is 13.3.